The fourth-order valence-corrected chi connectivity index (χ4v) is 4.20. The van der Waals surface area contributed by atoms with Gasteiger partial charge in [-0.1, -0.05) is 30.7 Å². The molecule has 2 heterocycles. The van der Waals surface area contributed by atoms with E-state index in [-0.39, 0.29) is 0 Å². The van der Waals surface area contributed by atoms with E-state index in [0.717, 1.165) is 55.2 Å². The molecule has 3 aromatic rings. The van der Waals surface area contributed by atoms with E-state index >= 15 is 0 Å². The third-order valence-corrected chi connectivity index (χ3v) is 5.73. The number of carboxylic acids is 1. The second kappa shape index (κ2) is 8.43. The number of benzene rings is 2. The molecule has 1 atom stereocenters. The van der Waals surface area contributed by atoms with E-state index in [9.17, 15) is 9.90 Å². The van der Waals surface area contributed by atoms with Gasteiger partial charge in [-0.2, -0.15) is 0 Å². The monoisotopic (exact) mass is 390 g/mol. The second-order valence-corrected chi connectivity index (χ2v) is 7.66. The molecule has 1 aliphatic rings. The van der Waals surface area contributed by atoms with Gasteiger partial charge in [0.25, 0.3) is 0 Å². The third kappa shape index (κ3) is 4.29. The molecule has 5 heteroatoms. The molecule has 1 aliphatic heterocycles. The van der Waals surface area contributed by atoms with E-state index in [4.69, 9.17) is 5.11 Å². The molecule has 2 aromatic carbocycles. The smallest absolute Gasteiger partial charge is 0.335 e. The molecule has 0 spiro atoms. The lowest BCUT2D eigenvalue weighted by Gasteiger charge is -2.35. The SMILES string of the molecule is O=C(O)c1ccc2c(CCCCC3CC=CCN3c3cccc(O)c3)c[nH]c2c1. The predicted molar refractivity (Wildman–Crippen MR) is 116 cm³/mol. The predicted octanol–water partition coefficient (Wildman–Crippen LogP) is 5.12. The molecule has 29 heavy (non-hydrogen) atoms. The highest BCUT2D eigenvalue weighted by molar-refractivity contribution is 5.94. The molecule has 150 valence electrons. The number of phenolic OH excluding ortho intramolecular Hbond substituents is 1. The number of carboxylic acid groups (broad SMARTS) is 1. The number of phenols is 1. The van der Waals surface area contributed by atoms with Crippen molar-refractivity contribution >= 4 is 22.6 Å². The minimum absolute atomic E-state index is 0.307. The van der Waals surface area contributed by atoms with Crippen LogP contribution in [0.5, 0.6) is 5.75 Å². The molecule has 0 radical (unpaired) electrons. The quantitative estimate of drug-likeness (QED) is 0.387. The van der Waals surface area contributed by atoms with Gasteiger partial charge in [-0.3, -0.25) is 0 Å². The fourth-order valence-electron chi connectivity index (χ4n) is 4.20. The number of aromatic nitrogens is 1. The number of aryl methyl sites for hydroxylation is 1. The summed E-state index contributed by atoms with van der Waals surface area (Å²) >= 11 is 0. The molecule has 0 bridgehead atoms. The van der Waals surface area contributed by atoms with E-state index in [1.54, 1.807) is 18.2 Å². The first-order valence-corrected chi connectivity index (χ1v) is 10.2. The van der Waals surface area contributed by atoms with Gasteiger partial charge in [0.2, 0.25) is 0 Å². The highest BCUT2D eigenvalue weighted by Gasteiger charge is 2.20. The molecule has 0 amide bonds. The number of rotatable bonds is 7. The number of hydrogen-bond acceptors (Lipinski definition) is 3. The first kappa shape index (κ1) is 19.1. The van der Waals surface area contributed by atoms with E-state index in [0.29, 0.717) is 17.4 Å². The largest absolute Gasteiger partial charge is 0.508 e. The number of anilines is 1. The van der Waals surface area contributed by atoms with Gasteiger partial charge in [0.05, 0.1) is 5.56 Å². The van der Waals surface area contributed by atoms with Crippen LogP contribution in [0, 0.1) is 0 Å². The van der Waals surface area contributed by atoms with Crippen molar-refractivity contribution < 1.29 is 15.0 Å². The zero-order valence-electron chi connectivity index (χ0n) is 16.3. The molecule has 0 fully saturated rings. The molecule has 1 aromatic heterocycles. The summed E-state index contributed by atoms with van der Waals surface area (Å²) in [5.74, 6) is -0.595. The Labute approximate surface area is 170 Å². The summed E-state index contributed by atoms with van der Waals surface area (Å²) in [6.45, 7) is 0.877. The van der Waals surface area contributed by atoms with Crippen molar-refractivity contribution in [2.75, 3.05) is 11.4 Å². The van der Waals surface area contributed by atoms with Crippen LogP contribution in [0.25, 0.3) is 10.9 Å². The maximum Gasteiger partial charge on any atom is 0.335 e. The lowest BCUT2D eigenvalue weighted by molar-refractivity contribution is 0.0697. The number of hydrogen-bond donors (Lipinski definition) is 3. The Morgan fingerprint density at radius 3 is 2.86 bits per heavy atom. The van der Waals surface area contributed by atoms with Crippen molar-refractivity contribution in [3.63, 3.8) is 0 Å². The molecular formula is C24H26N2O3. The van der Waals surface area contributed by atoms with Crippen molar-refractivity contribution in [3.05, 3.63) is 71.9 Å². The normalized spacial score (nSPS) is 16.4. The third-order valence-electron chi connectivity index (χ3n) is 5.73. The lowest BCUT2D eigenvalue weighted by Crippen LogP contribution is -2.37. The van der Waals surface area contributed by atoms with Gasteiger partial charge in [-0.15, -0.1) is 0 Å². The molecule has 5 nitrogen and oxygen atoms in total. The van der Waals surface area contributed by atoms with Gasteiger partial charge < -0.3 is 20.1 Å². The number of nitrogens with zero attached hydrogens (tertiary/aromatic N) is 1. The van der Waals surface area contributed by atoms with Crippen LogP contribution >= 0.6 is 0 Å². The van der Waals surface area contributed by atoms with Gasteiger partial charge in [0, 0.05) is 41.4 Å². The number of unbranched alkanes of at least 4 members (excludes halogenated alkanes) is 1. The number of fused-ring (bicyclic) bond motifs is 1. The highest BCUT2D eigenvalue weighted by atomic mass is 16.4. The highest BCUT2D eigenvalue weighted by Crippen LogP contribution is 2.28. The Kier molecular flexibility index (Phi) is 5.56. The summed E-state index contributed by atoms with van der Waals surface area (Å²) in [5.41, 5.74) is 3.51. The van der Waals surface area contributed by atoms with Gasteiger partial charge in [0.15, 0.2) is 0 Å². The van der Waals surface area contributed by atoms with E-state index in [2.05, 4.69) is 28.1 Å². The summed E-state index contributed by atoms with van der Waals surface area (Å²) in [6, 6.07) is 13.2. The number of nitrogens with one attached hydrogen (secondary N) is 1. The average molecular weight is 390 g/mol. The molecule has 1 unspecified atom stereocenters. The average Bonchev–Trinajstić information content (AvgIpc) is 3.14. The molecule has 0 aliphatic carbocycles. The van der Waals surface area contributed by atoms with Crippen molar-refractivity contribution in [2.24, 2.45) is 0 Å². The molecule has 0 saturated carbocycles. The Morgan fingerprint density at radius 1 is 1.14 bits per heavy atom. The summed E-state index contributed by atoms with van der Waals surface area (Å²) in [4.78, 5) is 16.7. The topological polar surface area (TPSA) is 76.6 Å². The minimum atomic E-state index is -0.902. The van der Waals surface area contributed by atoms with Crippen LogP contribution in [0.4, 0.5) is 5.69 Å². The van der Waals surface area contributed by atoms with Crippen molar-refractivity contribution in [1.29, 1.82) is 0 Å². The van der Waals surface area contributed by atoms with Gasteiger partial charge in [0.1, 0.15) is 5.75 Å². The first-order chi connectivity index (χ1) is 14.1. The Morgan fingerprint density at radius 2 is 2.03 bits per heavy atom. The fraction of sp³-hybridized carbons (Fsp3) is 0.292. The Bertz CT molecular complexity index is 1040. The van der Waals surface area contributed by atoms with Crippen LogP contribution in [0.1, 0.15) is 41.6 Å². The van der Waals surface area contributed by atoms with Gasteiger partial charge in [-0.05, 0) is 55.5 Å². The second-order valence-electron chi connectivity index (χ2n) is 7.66. The minimum Gasteiger partial charge on any atom is -0.508 e. The van der Waals surface area contributed by atoms with Crippen LogP contribution in [0.3, 0.4) is 0 Å². The van der Waals surface area contributed by atoms with Crippen molar-refractivity contribution in [1.82, 2.24) is 4.98 Å². The zero-order valence-corrected chi connectivity index (χ0v) is 16.3. The van der Waals surface area contributed by atoms with Gasteiger partial charge >= 0.3 is 5.97 Å². The summed E-state index contributed by atoms with van der Waals surface area (Å²) in [5, 5.41) is 20.0. The van der Waals surface area contributed by atoms with Crippen LogP contribution in [-0.4, -0.2) is 33.8 Å². The first-order valence-electron chi connectivity index (χ1n) is 10.2. The summed E-state index contributed by atoms with van der Waals surface area (Å²) in [7, 11) is 0. The van der Waals surface area contributed by atoms with Crippen molar-refractivity contribution in [3.8, 4) is 5.75 Å². The van der Waals surface area contributed by atoms with E-state index < -0.39 is 5.97 Å². The zero-order chi connectivity index (χ0) is 20.2. The van der Waals surface area contributed by atoms with E-state index in [1.807, 2.05) is 24.4 Å². The van der Waals surface area contributed by atoms with Crippen LogP contribution in [0.15, 0.2) is 60.8 Å². The maximum atomic E-state index is 11.1. The molecule has 0 saturated heterocycles. The number of aromatic amines is 1. The molecular weight excluding hydrogens is 364 g/mol. The van der Waals surface area contributed by atoms with E-state index in [1.165, 1.54) is 5.56 Å². The summed E-state index contributed by atoms with van der Waals surface area (Å²) < 4.78 is 0. The standard InChI is InChI=1S/C24H26N2O3/c27-21-10-5-9-20(15-21)26-13-4-3-8-19(26)7-2-1-6-18-16-25-23-14-17(24(28)29)11-12-22(18)23/h3-5,9-12,14-16,19,25,27H,1-2,6-8,13H2,(H,28,29). The molecule has 4 rings (SSSR count). The number of carbonyl (C=O) groups is 1. The maximum absolute atomic E-state index is 11.1. The van der Waals surface area contributed by atoms with Crippen LogP contribution < -0.4 is 4.90 Å². The Hall–Kier alpha value is -3.21. The van der Waals surface area contributed by atoms with Gasteiger partial charge in [-0.25, -0.2) is 4.79 Å². The van der Waals surface area contributed by atoms with Crippen molar-refractivity contribution in [2.45, 2.75) is 38.1 Å². The number of aromatic carboxylic acids is 1. The number of H-pyrrole nitrogens is 1. The summed E-state index contributed by atoms with van der Waals surface area (Å²) in [6.07, 6.45) is 11.8. The Balaban J connectivity index is 1.35. The number of aromatic hydroxyl groups is 1. The molecule has 3 N–H and O–H groups in total. The van der Waals surface area contributed by atoms with Crippen LogP contribution in [-0.2, 0) is 6.42 Å². The van der Waals surface area contributed by atoms with Crippen LogP contribution in [0.2, 0.25) is 0 Å². The lowest BCUT2D eigenvalue weighted by atomic mass is 9.98.